The molecule has 7 nitrogen and oxygen atoms in total. The van der Waals surface area contributed by atoms with E-state index in [1.165, 1.54) is 35.3 Å². The van der Waals surface area contributed by atoms with E-state index in [9.17, 15) is 18.0 Å². The highest BCUT2D eigenvalue weighted by Crippen LogP contribution is 2.30. The average molecular weight is 491 g/mol. The van der Waals surface area contributed by atoms with Crippen molar-refractivity contribution in [3.05, 3.63) is 28.2 Å². The smallest absolute Gasteiger partial charge is 0.309 e. The topological polar surface area (TPSA) is 92.8 Å². The number of hydrogen-bond acceptors (Lipinski definition) is 5. The van der Waals surface area contributed by atoms with Gasteiger partial charge in [0.25, 0.3) is 5.91 Å². The number of nitrogens with one attached hydrogen (secondary N) is 1. The Morgan fingerprint density at radius 3 is 2.32 bits per heavy atom. The van der Waals surface area contributed by atoms with Crippen LogP contribution in [0.1, 0.15) is 51.4 Å². The number of carbonyl (C=O) groups is 2. The Labute approximate surface area is 193 Å². The van der Waals surface area contributed by atoms with Gasteiger partial charge in [0, 0.05) is 24.2 Å². The summed E-state index contributed by atoms with van der Waals surface area (Å²) in [6.45, 7) is 0.0321. The van der Waals surface area contributed by atoms with Crippen LogP contribution in [-0.4, -0.2) is 50.3 Å². The molecule has 0 unspecified atom stereocenters. The number of esters is 1. The minimum atomic E-state index is -3.81. The van der Waals surface area contributed by atoms with Crippen LogP contribution in [0, 0.1) is 5.92 Å². The Hall–Kier alpha value is -1.35. The van der Waals surface area contributed by atoms with Gasteiger partial charge >= 0.3 is 5.97 Å². The van der Waals surface area contributed by atoms with Crippen molar-refractivity contribution in [2.45, 2.75) is 62.3 Å². The van der Waals surface area contributed by atoms with Crippen LogP contribution in [0.2, 0.25) is 10.0 Å². The predicted molar refractivity (Wildman–Crippen MR) is 119 cm³/mol. The molecule has 10 heteroatoms. The van der Waals surface area contributed by atoms with Crippen LogP contribution in [0.4, 0.5) is 0 Å². The van der Waals surface area contributed by atoms with Crippen LogP contribution in [0.5, 0.6) is 0 Å². The number of halogens is 2. The number of hydrogen-bond donors (Lipinski definition) is 1. The summed E-state index contributed by atoms with van der Waals surface area (Å²) >= 11 is 12.0. The number of ether oxygens (including phenoxy) is 1. The molecular weight excluding hydrogens is 463 g/mol. The summed E-state index contributed by atoms with van der Waals surface area (Å²) in [5.41, 5.74) is 0. The number of piperidine rings is 1. The van der Waals surface area contributed by atoms with Gasteiger partial charge in [-0.1, -0.05) is 48.9 Å². The maximum absolute atomic E-state index is 12.9. The molecule has 3 rings (SSSR count). The zero-order valence-electron chi connectivity index (χ0n) is 17.3. The van der Waals surface area contributed by atoms with Gasteiger partial charge in [-0.3, -0.25) is 9.59 Å². The van der Waals surface area contributed by atoms with Crippen LogP contribution in [-0.2, 0) is 24.3 Å². The summed E-state index contributed by atoms with van der Waals surface area (Å²) in [4.78, 5) is 24.4. The Bertz CT molecular complexity index is 893. The van der Waals surface area contributed by atoms with E-state index in [2.05, 4.69) is 5.32 Å². The first-order valence-electron chi connectivity index (χ1n) is 10.7. The summed E-state index contributed by atoms with van der Waals surface area (Å²) in [6, 6.07) is 4.45. The molecule has 1 aliphatic carbocycles. The largest absolute Gasteiger partial charge is 0.455 e. The zero-order chi connectivity index (χ0) is 22.4. The van der Waals surface area contributed by atoms with E-state index in [1.807, 2.05) is 0 Å². The van der Waals surface area contributed by atoms with E-state index < -0.39 is 21.9 Å². The minimum Gasteiger partial charge on any atom is -0.455 e. The number of rotatable bonds is 6. The number of amides is 1. The van der Waals surface area contributed by atoms with Crippen molar-refractivity contribution in [2.24, 2.45) is 5.92 Å². The van der Waals surface area contributed by atoms with E-state index in [-0.39, 0.29) is 46.6 Å². The van der Waals surface area contributed by atoms with Gasteiger partial charge in [-0.15, -0.1) is 0 Å². The third-order valence-electron chi connectivity index (χ3n) is 5.86. The van der Waals surface area contributed by atoms with Crippen LogP contribution >= 0.6 is 23.2 Å². The van der Waals surface area contributed by atoms with Crippen molar-refractivity contribution >= 4 is 45.1 Å². The van der Waals surface area contributed by atoms with Crippen LogP contribution in [0.3, 0.4) is 0 Å². The van der Waals surface area contributed by atoms with Crippen molar-refractivity contribution in [3.63, 3.8) is 0 Å². The van der Waals surface area contributed by atoms with Crippen LogP contribution in [0.15, 0.2) is 23.1 Å². The molecule has 31 heavy (non-hydrogen) atoms. The maximum atomic E-state index is 12.9. The highest BCUT2D eigenvalue weighted by molar-refractivity contribution is 7.89. The van der Waals surface area contributed by atoms with Crippen molar-refractivity contribution in [2.75, 3.05) is 19.7 Å². The highest BCUT2D eigenvalue weighted by atomic mass is 35.5. The molecule has 1 saturated carbocycles. The summed E-state index contributed by atoms with van der Waals surface area (Å²) in [6.07, 6.45) is 7.16. The fourth-order valence-electron chi connectivity index (χ4n) is 4.09. The van der Waals surface area contributed by atoms with Gasteiger partial charge in [0.2, 0.25) is 10.0 Å². The number of benzene rings is 1. The Morgan fingerprint density at radius 2 is 1.68 bits per heavy atom. The Kier molecular flexibility index (Phi) is 8.61. The molecule has 1 aromatic rings. The Morgan fingerprint density at radius 1 is 1.03 bits per heavy atom. The van der Waals surface area contributed by atoms with Gasteiger partial charge < -0.3 is 10.1 Å². The lowest BCUT2D eigenvalue weighted by molar-refractivity contribution is -0.153. The maximum Gasteiger partial charge on any atom is 0.309 e. The molecule has 1 N–H and O–H groups in total. The van der Waals surface area contributed by atoms with Gasteiger partial charge in [-0.25, -0.2) is 8.42 Å². The summed E-state index contributed by atoms with van der Waals surface area (Å²) < 4.78 is 32.3. The van der Waals surface area contributed by atoms with Crippen molar-refractivity contribution in [1.29, 1.82) is 0 Å². The predicted octanol–water partition coefficient (Wildman–Crippen LogP) is 3.78. The third kappa shape index (κ3) is 6.57. The zero-order valence-corrected chi connectivity index (χ0v) is 19.6. The van der Waals surface area contributed by atoms with E-state index >= 15 is 0 Å². The molecule has 2 fully saturated rings. The van der Waals surface area contributed by atoms with Crippen molar-refractivity contribution < 1.29 is 22.7 Å². The minimum absolute atomic E-state index is 0.0436. The second kappa shape index (κ2) is 11.0. The van der Waals surface area contributed by atoms with Crippen molar-refractivity contribution in [3.8, 4) is 0 Å². The normalized spacial score (nSPS) is 19.5. The number of nitrogens with zero attached hydrogens (tertiary/aromatic N) is 1. The molecule has 2 aliphatic rings. The van der Waals surface area contributed by atoms with E-state index in [0.717, 1.165) is 25.7 Å². The molecular formula is C21H28Cl2N2O5S. The number of carbonyl (C=O) groups excluding carboxylic acids is 2. The molecule has 0 spiro atoms. The molecule has 1 amide bonds. The van der Waals surface area contributed by atoms with Gasteiger partial charge in [0.05, 0.1) is 10.9 Å². The lowest BCUT2D eigenvalue weighted by atomic mass is 9.98. The first-order valence-corrected chi connectivity index (χ1v) is 12.9. The monoisotopic (exact) mass is 490 g/mol. The Balaban J connectivity index is 1.47. The standard InChI is InChI=1S/C21H28Cl2N2O5S/c22-16-7-8-18(23)19(13-16)31(28,29)25-11-9-15(10-12-25)21(27)30-14-20(26)24-17-5-3-1-2-4-6-17/h7-8,13,15,17H,1-6,9-12,14H2,(H,24,26). The molecule has 172 valence electrons. The fourth-order valence-corrected chi connectivity index (χ4v) is 6.30. The lowest BCUT2D eigenvalue weighted by Crippen LogP contribution is -2.41. The SMILES string of the molecule is O=C(COC(=O)C1CCN(S(=O)(=O)c2cc(Cl)ccc2Cl)CC1)NC1CCCCCC1. The molecule has 0 aromatic heterocycles. The first kappa shape index (κ1) is 24.3. The van der Waals surface area contributed by atoms with Crippen molar-refractivity contribution in [1.82, 2.24) is 9.62 Å². The second-order valence-corrected chi connectivity index (χ2v) is 10.9. The van der Waals surface area contributed by atoms with E-state index in [4.69, 9.17) is 27.9 Å². The van der Waals surface area contributed by atoms with Gasteiger partial charge in [-0.2, -0.15) is 4.31 Å². The lowest BCUT2D eigenvalue weighted by Gasteiger charge is -2.30. The summed E-state index contributed by atoms with van der Waals surface area (Å²) in [7, 11) is -3.81. The average Bonchev–Trinajstić information content (AvgIpc) is 3.02. The fraction of sp³-hybridized carbons (Fsp3) is 0.619. The first-order chi connectivity index (χ1) is 14.8. The highest BCUT2D eigenvalue weighted by Gasteiger charge is 2.34. The van der Waals surface area contributed by atoms with Crippen LogP contribution < -0.4 is 5.32 Å². The summed E-state index contributed by atoms with van der Waals surface area (Å²) in [5, 5.41) is 3.33. The van der Waals surface area contributed by atoms with Gasteiger partial charge in [0.15, 0.2) is 6.61 Å². The van der Waals surface area contributed by atoms with Crippen LogP contribution in [0.25, 0.3) is 0 Å². The van der Waals surface area contributed by atoms with E-state index in [0.29, 0.717) is 12.8 Å². The number of sulfonamides is 1. The molecule has 1 aliphatic heterocycles. The molecule has 1 saturated heterocycles. The van der Waals surface area contributed by atoms with Gasteiger partial charge in [0.1, 0.15) is 4.90 Å². The van der Waals surface area contributed by atoms with Gasteiger partial charge in [-0.05, 0) is 43.9 Å². The molecule has 1 heterocycles. The van der Waals surface area contributed by atoms with E-state index in [1.54, 1.807) is 0 Å². The second-order valence-electron chi connectivity index (χ2n) is 8.12. The summed E-state index contributed by atoms with van der Waals surface area (Å²) in [5.74, 6) is -1.18. The molecule has 0 radical (unpaired) electrons. The third-order valence-corrected chi connectivity index (χ3v) is 8.48. The molecule has 1 aromatic carbocycles. The quantitative estimate of drug-likeness (QED) is 0.483. The molecule has 0 atom stereocenters. The molecule has 0 bridgehead atoms.